The van der Waals surface area contributed by atoms with Crippen molar-refractivity contribution in [1.82, 2.24) is 35.3 Å². The summed E-state index contributed by atoms with van der Waals surface area (Å²) in [7, 11) is 2.05. The average molecular weight is 303 g/mol. The largest absolute Gasteiger partial charge is 0.347 e. The lowest BCUT2D eigenvalue weighted by atomic mass is 10.1. The number of piperazine rings is 1. The van der Waals surface area contributed by atoms with Gasteiger partial charge in [-0.1, -0.05) is 0 Å². The van der Waals surface area contributed by atoms with Crippen molar-refractivity contribution in [1.29, 1.82) is 0 Å². The number of imidazole rings is 1. The number of H-pyrrole nitrogens is 2. The molecule has 8 nitrogen and oxygen atoms in total. The van der Waals surface area contributed by atoms with Gasteiger partial charge in [0.25, 0.3) is 0 Å². The Bertz CT molecular complexity index is 621. The second-order valence-electron chi connectivity index (χ2n) is 5.60. The zero-order chi connectivity index (χ0) is 15.5. The maximum atomic E-state index is 12.4. The Labute approximate surface area is 128 Å². The summed E-state index contributed by atoms with van der Waals surface area (Å²) >= 11 is 0. The lowest BCUT2D eigenvalue weighted by Crippen LogP contribution is -2.52. The molecule has 3 N–H and O–H groups in total. The monoisotopic (exact) mass is 303 g/mol. The van der Waals surface area contributed by atoms with E-state index < -0.39 is 0 Å². The van der Waals surface area contributed by atoms with Gasteiger partial charge in [0.2, 0.25) is 0 Å². The van der Waals surface area contributed by atoms with Crippen molar-refractivity contribution < 1.29 is 4.79 Å². The van der Waals surface area contributed by atoms with Crippen LogP contribution in [0.2, 0.25) is 0 Å². The van der Waals surface area contributed by atoms with Gasteiger partial charge < -0.3 is 15.2 Å². The number of aryl methyl sites for hydroxylation is 1. The molecule has 2 aromatic heterocycles. The highest BCUT2D eigenvalue weighted by molar-refractivity contribution is 5.74. The van der Waals surface area contributed by atoms with Crippen molar-refractivity contribution in [2.24, 2.45) is 0 Å². The maximum absolute atomic E-state index is 12.4. The Morgan fingerprint density at radius 1 is 1.50 bits per heavy atom. The van der Waals surface area contributed by atoms with Gasteiger partial charge in [0.1, 0.15) is 5.82 Å². The van der Waals surface area contributed by atoms with Gasteiger partial charge in [0.05, 0.1) is 12.2 Å². The fourth-order valence-corrected chi connectivity index (χ4v) is 2.65. The molecule has 2 aromatic rings. The highest BCUT2D eigenvalue weighted by Gasteiger charge is 2.29. The molecule has 118 valence electrons. The molecular formula is C14H21N7O. The molecule has 2 amide bonds. The number of hydrogen-bond donors (Lipinski definition) is 3. The molecule has 0 aliphatic carbocycles. The zero-order valence-electron chi connectivity index (χ0n) is 12.8. The van der Waals surface area contributed by atoms with Crippen molar-refractivity contribution in [3.8, 4) is 0 Å². The number of rotatable bonds is 3. The summed E-state index contributed by atoms with van der Waals surface area (Å²) in [5.41, 5.74) is 1.98. The fourth-order valence-electron chi connectivity index (χ4n) is 2.65. The Kier molecular flexibility index (Phi) is 4.10. The van der Waals surface area contributed by atoms with E-state index in [0.29, 0.717) is 19.6 Å². The van der Waals surface area contributed by atoms with Crippen molar-refractivity contribution in [3.05, 3.63) is 35.7 Å². The van der Waals surface area contributed by atoms with Gasteiger partial charge in [-0.2, -0.15) is 5.10 Å². The molecule has 0 radical (unpaired) electrons. The van der Waals surface area contributed by atoms with E-state index >= 15 is 0 Å². The number of likely N-dealkylation sites (N-methyl/N-ethyl adjacent to an activating group) is 1. The van der Waals surface area contributed by atoms with Gasteiger partial charge in [-0.15, -0.1) is 0 Å². The number of carbonyl (C=O) groups is 1. The van der Waals surface area contributed by atoms with Gasteiger partial charge in [-0.05, 0) is 14.0 Å². The first-order valence-electron chi connectivity index (χ1n) is 7.36. The van der Waals surface area contributed by atoms with Crippen LogP contribution in [0.25, 0.3) is 0 Å². The van der Waals surface area contributed by atoms with Crippen LogP contribution < -0.4 is 5.32 Å². The van der Waals surface area contributed by atoms with E-state index in [2.05, 4.69) is 37.4 Å². The number of amides is 2. The predicted octanol–water partition coefficient (Wildman–Crippen LogP) is 0.640. The third kappa shape index (κ3) is 2.96. The Balaban J connectivity index is 1.60. The highest BCUT2D eigenvalue weighted by atomic mass is 16.2. The van der Waals surface area contributed by atoms with Crippen LogP contribution in [0.15, 0.2) is 18.6 Å². The highest BCUT2D eigenvalue weighted by Crippen LogP contribution is 2.20. The molecule has 0 saturated carbocycles. The van der Waals surface area contributed by atoms with Gasteiger partial charge in [-0.3, -0.25) is 10.00 Å². The summed E-state index contributed by atoms with van der Waals surface area (Å²) in [6.45, 7) is 4.59. The van der Waals surface area contributed by atoms with Gasteiger partial charge >= 0.3 is 6.03 Å². The molecule has 22 heavy (non-hydrogen) atoms. The van der Waals surface area contributed by atoms with Crippen molar-refractivity contribution in [2.45, 2.75) is 19.5 Å². The Morgan fingerprint density at radius 3 is 3.05 bits per heavy atom. The third-order valence-corrected chi connectivity index (χ3v) is 4.13. The summed E-state index contributed by atoms with van der Waals surface area (Å²) in [4.78, 5) is 23.9. The van der Waals surface area contributed by atoms with Crippen LogP contribution in [0, 0.1) is 6.92 Å². The molecule has 3 heterocycles. The Hall–Kier alpha value is -2.35. The van der Waals surface area contributed by atoms with Crippen molar-refractivity contribution in [3.63, 3.8) is 0 Å². The summed E-state index contributed by atoms with van der Waals surface area (Å²) in [5, 5.41) is 9.78. The second kappa shape index (κ2) is 6.18. The van der Waals surface area contributed by atoms with E-state index in [1.54, 1.807) is 12.4 Å². The van der Waals surface area contributed by atoms with Gasteiger partial charge in [-0.25, -0.2) is 9.78 Å². The molecule has 1 aliphatic heterocycles. The van der Waals surface area contributed by atoms with Gasteiger partial charge in [0.15, 0.2) is 0 Å². The lowest BCUT2D eigenvalue weighted by Gasteiger charge is -2.38. The molecule has 1 unspecified atom stereocenters. The Morgan fingerprint density at radius 2 is 2.36 bits per heavy atom. The van der Waals surface area contributed by atoms with Crippen LogP contribution in [-0.2, 0) is 6.54 Å². The molecule has 0 aromatic carbocycles. The minimum absolute atomic E-state index is 0.0507. The van der Waals surface area contributed by atoms with E-state index in [0.717, 1.165) is 23.6 Å². The summed E-state index contributed by atoms with van der Waals surface area (Å²) in [6, 6.07) is 0.0513. The molecule has 1 fully saturated rings. The van der Waals surface area contributed by atoms with Crippen LogP contribution in [0.3, 0.4) is 0 Å². The molecule has 0 spiro atoms. The van der Waals surface area contributed by atoms with Gasteiger partial charge in [0, 0.05) is 49.8 Å². The molecule has 3 rings (SSSR count). The molecular weight excluding hydrogens is 282 g/mol. The topological polar surface area (TPSA) is 92.9 Å². The van der Waals surface area contributed by atoms with Crippen molar-refractivity contribution >= 4 is 6.03 Å². The quantitative estimate of drug-likeness (QED) is 0.776. The van der Waals surface area contributed by atoms with E-state index in [9.17, 15) is 4.79 Å². The summed E-state index contributed by atoms with van der Waals surface area (Å²) in [5.74, 6) is 0.894. The lowest BCUT2D eigenvalue weighted by molar-refractivity contribution is 0.106. The normalized spacial score (nSPS) is 19.4. The first kappa shape index (κ1) is 14.6. The smallest absolute Gasteiger partial charge is 0.317 e. The number of aromatic nitrogens is 4. The third-order valence-electron chi connectivity index (χ3n) is 4.13. The van der Waals surface area contributed by atoms with Crippen LogP contribution >= 0.6 is 0 Å². The fraction of sp³-hybridized carbons (Fsp3) is 0.500. The van der Waals surface area contributed by atoms with E-state index in [4.69, 9.17) is 0 Å². The van der Waals surface area contributed by atoms with Crippen LogP contribution in [-0.4, -0.2) is 62.7 Å². The van der Waals surface area contributed by atoms with E-state index in [-0.39, 0.29) is 12.1 Å². The summed E-state index contributed by atoms with van der Waals surface area (Å²) in [6.07, 6.45) is 5.29. The standard InChI is InChI=1S/C14H21N7O/c1-10-11(8-18-19-10)7-17-14(22)21-6-5-20(2)12(9-21)13-15-3-4-16-13/h3-4,8,12H,5-7,9H2,1-2H3,(H,15,16)(H,17,22)(H,18,19). The van der Waals surface area contributed by atoms with E-state index in [1.807, 2.05) is 18.0 Å². The maximum Gasteiger partial charge on any atom is 0.317 e. The SMILES string of the molecule is Cc1[nH]ncc1CNC(=O)N1CCN(C)C(c2ncc[nH]2)C1. The average Bonchev–Trinajstić information content (AvgIpc) is 3.17. The number of aromatic amines is 2. The molecule has 1 aliphatic rings. The first-order valence-corrected chi connectivity index (χ1v) is 7.36. The molecule has 8 heteroatoms. The number of carbonyl (C=O) groups excluding carboxylic acids is 1. The van der Waals surface area contributed by atoms with E-state index in [1.165, 1.54) is 0 Å². The summed E-state index contributed by atoms with van der Waals surface area (Å²) < 4.78 is 0. The number of urea groups is 1. The number of hydrogen-bond acceptors (Lipinski definition) is 4. The molecule has 1 atom stereocenters. The van der Waals surface area contributed by atoms with Crippen molar-refractivity contribution in [2.75, 3.05) is 26.7 Å². The second-order valence-corrected chi connectivity index (χ2v) is 5.60. The molecule has 1 saturated heterocycles. The number of nitrogens with zero attached hydrogens (tertiary/aromatic N) is 4. The predicted molar refractivity (Wildman–Crippen MR) is 81.1 cm³/mol. The van der Waals surface area contributed by atoms with Crippen LogP contribution in [0.4, 0.5) is 4.79 Å². The number of nitrogens with one attached hydrogen (secondary N) is 3. The minimum Gasteiger partial charge on any atom is -0.347 e. The van der Waals surface area contributed by atoms with Crippen LogP contribution in [0.5, 0.6) is 0 Å². The minimum atomic E-state index is -0.0507. The first-order chi connectivity index (χ1) is 10.6. The molecule has 0 bridgehead atoms. The zero-order valence-corrected chi connectivity index (χ0v) is 12.8. The van der Waals surface area contributed by atoms with Crippen LogP contribution in [0.1, 0.15) is 23.1 Å².